The van der Waals surface area contributed by atoms with Crippen LogP contribution in [-0.4, -0.2) is 55.3 Å². The molecule has 0 spiro atoms. The van der Waals surface area contributed by atoms with E-state index < -0.39 is 6.04 Å². The quantitative estimate of drug-likeness (QED) is 0.734. The Morgan fingerprint density at radius 2 is 1.76 bits per heavy atom. The number of thioether (sulfide) groups is 1. The van der Waals surface area contributed by atoms with E-state index >= 15 is 0 Å². The summed E-state index contributed by atoms with van der Waals surface area (Å²) in [5.41, 5.74) is 1.64. The highest BCUT2D eigenvalue weighted by Gasteiger charge is 2.24. The number of hydrogen-bond acceptors (Lipinski definition) is 4. The van der Waals surface area contributed by atoms with E-state index in [1.165, 1.54) is 12.1 Å². The van der Waals surface area contributed by atoms with Crippen LogP contribution in [0.4, 0.5) is 20.6 Å². The Balaban J connectivity index is 1.48. The number of carbonyl (C=O) groups is 2. The molecule has 29 heavy (non-hydrogen) atoms. The number of nitrogens with one attached hydrogen (secondary N) is 2. The summed E-state index contributed by atoms with van der Waals surface area (Å²) in [6.45, 7) is 4.04. The molecule has 2 aromatic rings. The van der Waals surface area contributed by atoms with Crippen molar-refractivity contribution < 1.29 is 14.0 Å². The second-order valence-electron chi connectivity index (χ2n) is 6.84. The minimum absolute atomic E-state index is 0.260. The Morgan fingerprint density at radius 1 is 1.07 bits per heavy atom. The number of benzene rings is 2. The molecule has 3 amide bonds. The van der Waals surface area contributed by atoms with Crippen LogP contribution in [0, 0.1) is 5.82 Å². The minimum atomic E-state index is -0.657. The molecule has 0 bridgehead atoms. The molecule has 6 nitrogen and oxygen atoms in total. The Labute approximate surface area is 174 Å². The van der Waals surface area contributed by atoms with Gasteiger partial charge in [0.15, 0.2) is 0 Å². The first-order valence-electron chi connectivity index (χ1n) is 9.47. The molecule has 2 N–H and O–H groups in total. The molecule has 0 saturated carbocycles. The second-order valence-corrected chi connectivity index (χ2v) is 7.72. The molecule has 1 aliphatic heterocycles. The van der Waals surface area contributed by atoms with Gasteiger partial charge in [0.05, 0.1) is 0 Å². The number of hydrogen-bond donors (Lipinski definition) is 2. The molecule has 1 saturated heterocycles. The van der Waals surface area contributed by atoms with Gasteiger partial charge in [0.2, 0.25) is 5.91 Å². The van der Waals surface area contributed by atoms with E-state index in [9.17, 15) is 14.0 Å². The zero-order chi connectivity index (χ0) is 20.8. The van der Waals surface area contributed by atoms with E-state index in [1.54, 1.807) is 35.7 Å². The summed E-state index contributed by atoms with van der Waals surface area (Å²) in [5, 5.41) is 5.60. The van der Waals surface area contributed by atoms with Gasteiger partial charge in [-0.05, 0) is 55.6 Å². The first-order valence-corrected chi connectivity index (χ1v) is 10.7. The van der Waals surface area contributed by atoms with Crippen LogP contribution in [0.3, 0.4) is 0 Å². The number of carbonyl (C=O) groups excluding carboxylic acids is 2. The summed E-state index contributed by atoms with van der Waals surface area (Å²) in [4.78, 5) is 29.8. The second kappa shape index (κ2) is 9.65. The molecule has 3 rings (SSSR count). The number of nitrogens with zero attached hydrogens (tertiary/aromatic N) is 2. The fourth-order valence-corrected chi connectivity index (χ4v) is 3.57. The molecular formula is C21H25FN4O2S. The molecule has 154 valence electrons. The molecule has 1 aliphatic rings. The van der Waals surface area contributed by atoms with Gasteiger partial charge in [0.1, 0.15) is 11.9 Å². The summed E-state index contributed by atoms with van der Waals surface area (Å²) < 4.78 is 13.1. The topological polar surface area (TPSA) is 64.7 Å². The van der Waals surface area contributed by atoms with Gasteiger partial charge < -0.3 is 20.4 Å². The van der Waals surface area contributed by atoms with Crippen LogP contribution in [0.5, 0.6) is 0 Å². The molecule has 0 aromatic heterocycles. The van der Waals surface area contributed by atoms with Crippen LogP contribution in [0.25, 0.3) is 0 Å². The molecule has 1 atom stereocenters. The van der Waals surface area contributed by atoms with Crippen molar-refractivity contribution in [2.45, 2.75) is 17.9 Å². The molecule has 1 heterocycles. The lowest BCUT2D eigenvalue weighted by Crippen LogP contribution is -2.54. The van der Waals surface area contributed by atoms with E-state index in [-0.39, 0.29) is 17.8 Å². The lowest BCUT2D eigenvalue weighted by atomic mass is 10.2. The van der Waals surface area contributed by atoms with Gasteiger partial charge in [-0.15, -0.1) is 11.8 Å². The third kappa shape index (κ3) is 5.63. The van der Waals surface area contributed by atoms with Crippen molar-refractivity contribution in [3.05, 3.63) is 54.3 Å². The standard InChI is InChI=1S/C21H25FN4O2S/c1-15(20(27)24-17-4-3-5-19(14-17)29-2)23-21(28)26-12-10-25(11-13-26)18-8-6-16(22)7-9-18/h3-9,14-15H,10-13H2,1-2H3,(H,23,28)(H,24,27)/t15-/m1/s1. The zero-order valence-electron chi connectivity index (χ0n) is 16.5. The lowest BCUT2D eigenvalue weighted by molar-refractivity contribution is -0.117. The first-order chi connectivity index (χ1) is 14.0. The van der Waals surface area contributed by atoms with E-state index in [4.69, 9.17) is 0 Å². The summed E-state index contributed by atoms with van der Waals surface area (Å²) in [5.74, 6) is -0.527. The van der Waals surface area contributed by atoms with Crippen LogP contribution >= 0.6 is 11.8 Å². The summed E-state index contributed by atoms with van der Waals surface area (Å²) >= 11 is 1.60. The first kappa shape index (κ1) is 21.0. The van der Waals surface area contributed by atoms with E-state index in [0.717, 1.165) is 10.6 Å². The van der Waals surface area contributed by atoms with Crippen LogP contribution < -0.4 is 15.5 Å². The Morgan fingerprint density at radius 3 is 2.41 bits per heavy atom. The third-order valence-corrected chi connectivity index (χ3v) is 5.55. The summed E-state index contributed by atoms with van der Waals surface area (Å²) in [6.07, 6.45) is 1.97. The normalized spacial score (nSPS) is 15.0. The number of anilines is 2. The number of halogens is 1. The molecule has 0 radical (unpaired) electrons. The molecule has 1 fully saturated rings. The zero-order valence-corrected chi connectivity index (χ0v) is 17.3. The average molecular weight is 417 g/mol. The molecule has 0 aliphatic carbocycles. The maximum absolute atomic E-state index is 13.1. The lowest BCUT2D eigenvalue weighted by Gasteiger charge is -2.36. The third-order valence-electron chi connectivity index (χ3n) is 4.83. The smallest absolute Gasteiger partial charge is 0.318 e. The van der Waals surface area contributed by atoms with Crippen molar-refractivity contribution in [1.29, 1.82) is 0 Å². The van der Waals surface area contributed by atoms with Gasteiger partial charge in [0.25, 0.3) is 0 Å². The highest BCUT2D eigenvalue weighted by molar-refractivity contribution is 7.98. The van der Waals surface area contributed by atoms with Crippen molar-refractivity contribution in [1.82, 2.24) is 10.2 Å². The van der Waals surface area contributed by atoms with Crippen molar-refractivity contribution in [3.63, 3.8) is 0 Å². The van der Waals surface area contributed by atoms with Crippen molar-refractivity contribution in [3.8, 4) is 0 Å². The predicted molar refractivity (Wildman–Crippen MR) is 115 cm³/mol. The highest BCUT2D eigenvalue weighted by Crippen LogP contribution is 2.19. The van der Waals surface area contributed by atoms with Crippen LogP contribution in [-0.2, 0) is 4.79 Å². The fourth-order valence-electron chi connectivity index (χ4n) is 3.11. The van der Waals surface area contributed by atoms with E-state index in [0.29, 0.717) is 31.9 Å². The van der Waals surface area contributed by atoms with Gasteiger partial charge in [-0.3, -0.25) is 4.79 Å². The van der Waals surface area contributed by atoms with Crippen molar-refractivity contribution >= 4 is 35.1 Å². The van der Waals surface area contributed by atoms with Gasteiger partial charge in [-0.25, -0.2) is 9.18 Å². The molecular weight excluding hydrogens is 391 g/mol. The Hall–Kier alpha value is -2.74. The highest BCUT2D eigenvalue weighted by atomic mass is 32.2. The largest absolute Gasteiger partial charge is 0.368 e. The number of urea groups is 1. The Bertz CT molecular complexity index is 854. The molecule has 0 unspecified atom stereocenters. The SMILES string of the molecule is CSc1cccc(NC(=O)[C@@H](C)NC(=O)N2CCN(c3ccc(F)cc3)CC2)c1. The number of piperazine rings is 1. The van der Waals surface area contributed by atoms with Crippen LogP contribution in [0.1, 0.15) is 6.92 Å². The Kier molecular flexibility index (Phi) is 6.98. The maximum atomic E-state index is 13.1. The molecule has 8 heteroatoms. The van der Waals surface area contributed by atoms with Gasteiger partial charge >= 0.3 is 6.03 Å². The van der Waals surface area contributed by atoms with Gasteiger partial charge in [0, 0.05) is 42.4 Å². The van der Waals surface area contributed by atoms with Crippen LogP contribution in [0.2, 0.25) is 0 Å². The summed E-state index contributed by atoms with van der Waals surface area (Å²) in [7, 11) is 0. The van der Waals surface area contributed by atoms with Crippen molar-refractivity contribution in [2.75, 3.05) is 42.7 Å². The monoisotopic (exact) mass is 416 g/mol. The van der Waals surface area contributed by atoms with E-state index in [1.807, 2.05) is 30.5 Å². The maximum Gasteiger partial charge on any atom is 0.318 e. The predicted octanol–water partition coefficient (Wildman–Crippen LogP) is 3.41. The minimum Gasteiger partial charge on any atom is -0.368 e. The summed E-state index contributed by atoms with van der Waals surface area (Å²) in [6, 6.07) is 13.0. The van der Waals surface area contributed by atoms with Gasteiger partial charge in [-0.1, -0.05) is 6.07 Å². The fraction of sp³-hybridized carbons (Fsp3) is 0.333. The number of amides is 3. The molecule has 2 aromatic carbocycles. The number of rotatable bonds is 5. The van der Waals surface area contributed by atoms with Crippen molar-refractivity contribution in [2.24, 2.45) is 0 Å². The van der Waals surface area contributed by atoms with Gasteiger partial charge in [-0.2, -0.15) is 0 Å². The van der Waals surface area contributed by atoms with E-state index in [2.05, 4.69) is 15.5 Å². The van der Waals surface area contributed by atoms with Crippen LogP contribution in [0.15, 0.2) is 53.4 Å². The average Bonchev–Trinajstić information content (AvgIpc) is 2.74.